The van der Waals surface area contributed by atoms with Crippen molar-refractivity contribution in [3.8, 4) is 0 Å². The lowest BCUT2D eigenvalue weighted by atomic mass is 9.98. The van der Waals surface area contributed by atoms with Gasteiger partial charge in [-0.25, -0.2) is 0 Å². The van der Waals surface area contributed by atoms with Crippen LogP contribution in [-0.4, -0.2) is 20.3 Å². The Balaban J connectivity index is 1.57. The number of nitrogens with zero attached hydrogens (tertiary/aromatic N) is 4. The summed E-state index contributed by atoms with van der Waals surface area (Å²) < 4.78 is 10.7. The molecule has 0 aliphatic heterocycles. The van der Waals surface area contributed by atoms with Crippen molar-refractivity contribution in [2.24, 2.45) is 0 Å². The van der Waals surface area contributed by atoms with E-state index >= 15 is 0 Å². The first-order valence-corrected chi connectivity index (χ1v) is 7.98. The zero-order valence-electron chi connectivity index (χ0n) is 12.4. The second-order valence-electron chi connectivity index (χ2n) is 5.00. The Bertz CT molecular complexity index is 726. The van der Waals surface area contributed by atoms with Crippen molar-refractivity contribution in [3.63, 3.8) is 0 Å². The highest BCUT2D eigenvalue weighted by Crippen LogP contribution is 2.24. The minimum atomic E-state index is 0.332. The van der Waals surface area contributed by atoms with Gasteiger partial charge in [0.2, 0.25) is 11.8 Å². The lowest BCUT2D eigenvalue weighted by Crippen LogP contribution is -1.98. The molecule has 0 aliphatic rings. The van der Waals surface area contributed by atoms with E-state index in [4.69, 9.17) is 8.94 Å². The van der Waals surface area contributed by atoms with E-state index in [1.54, 1.807) is 6.92 Å². The standard InChI is InChI=1S/C15H16N4O2S/c1-10(12-6-4-3-5-7-12)8-13-17-18-15(20-13)22-9-14-16-11(2)19-21-14/h3-7,10H,8-9H2,1-2H3. The fourth-order valence-electron chi connectivity index (χ4n) is 2.06. The number of benzene rings is 1. The van der Waals surface area contributed by atoms with Crippen LogP contribution in [0.4, 0.5) is 0 Å². The molecule has 3 rings (SSSR count). The van der Waals surface area contributed by atoms with Crippen LogP contribution in [-0.2, 0) is 12.2 Å². The second-order valence-corrected chi connectivity index (χ2v) is 5.93. The molecule has 7 heteroatoms. The molecule has 114 valence electrons. The summed E-state index contributed by atoms with van der Waals surface area (Å²) in [6.07, 6.45) is 0.719. The van der Waals surface area contributed by atoms with E-state index < -0.39 is 0 Å². The Hall–Kier alpha value is -2.15. The smallest absolute Gasteiger partial charge is 0.277 e. The van der Waals surface area contributed by atoms with Crippen LogP contribution >= 0.6 is 11.8 Å². The Morgan fingerprint density at radius 3 is 2.68 bits per heavy atom. The van der Waals surface area contributed by atoms with Gasteiger partial charge < -0.3 is 8.94 Å². The number of rotatable bonds is 6. The van der Waals surface area contributed by atoms with Crippen molar-refractivity contribution in [2.75, 3.05) is 0 Å². The first kappa shape index (κ1) is 14.8. The van der Waals surface area contributed by atoms with Gasteiger partial charge in [-0.15, -0.1) is 10.2 Å². The van der Waals surface area contributed by atoms with Crippen LogP contribution < -0.4 is 0 Å². The highest BCUT2D eigenvalue weighted by atomic mass is 32.2. The molecule has 0 saturated heterocycles. The summed E-state index contributed by atoms with van der Waals surface area (Å²) in [5.74, 6) is 2.67. The van der Waals surface area contributed by atoms with Crippen molar-refractivity contribution in [1.82, 2.24) is 20.3 Å². The molecule has 1 aromatic carbocycles. The van der Waals surface area contributed by atoms with E-state index in [1.807, 2.05) is 18.2 Å². The third-order valence-electron chi connectivity index (χ3n) is 3.19. The average molecular weight is 316 g/mol. The maximum atomic E-state index is 5.66. The molecule has 1 unspecified atom stereocenters. The van der Waals surface area contributed by atoms with Crippen molar-refractivity contribution in [2.45, 2.75) is 37.2 Å². The van der Waals surface area contributed by atoms with Gasteiger partial charge in [-0.3, -0.25) is 0 Å². The highest BCUT2D eigenvalue weighted by Gasteiger charge is 2.13. The molecule has 6 nitrogen and oxygen atoms in total. The van der Waals surface area contributed by atoms with Gasteiger partial charge in [0.05, 0.1) is 5.75 Å². The van der Waals surface area contributed by atoms with Crippen LogP contribution in [0.3, 0.4) is 0 Å². The first-order valence-electron chi connectivity index (χ1n) is 7.00. The van der Waals surface area contributed by atoms with Crippen LogP contribution in [0.5, 0.6) is 0 Å². The second kappa shape index (κ2) is 6.74. The number of hydrogen-bond donors (Lipinski definition) is 0. The molecule has 0 saturated carbocycles. The molecule has 0 amide bonds. The van der Waals surface area contributed by atoms with Crippen molar-refractivity contribution < 1.29 is 8.94 Å². The normalized spacial score (nSPS) is 12.5. The quantitative estimate of drug-likeness (QED) is 0.645. The summed E-state index contributed by atoms with van der Waals surface area (Å²) in [5.41, 5.74) is 1.26. The predicted octanol–water partition coefficient (Wildman–Crippen LogP) is 3.40. The molecule has 0 N–H and O–H groups in total. The molecule has 0 radical (unpaired) electrons. The topological polar surface area (TPSA) is 77.8 Å². The fraction of sp³-hybridized carbons (Fsp3) is 0.333. The van der Waals surface area contributed by atoms with E-state index in [0.29, 0.717) is 34.5 Å². The Morgan fingerprint density at radius 1 is 1.14 bits per heavy atom. The molecular formula is C15H16N4O2S. The fourth-order valence-corrected chi connectivity index (χ4v) is 2.68. The van der Waals surface area contributed by atoms with E-state index in [2.05, 4.69) is 39.4 Å². The van der Waals surface area contributed by atoms with Gasteiger partial charge in [-0.2, -0.15) is 4.98 Å². The molecule has 3 aromatic rings. The average Bonchev–Trinajstić information content (AvgIpc) is 3.15. The Kier molecular flexibility index (Phi) is 4.53. The molecule has 0 spiro atoms. The van der Waals surface area contributed by atoms with Gasteiger partial charge >= 0.3 is 0 Å². The lowest BCUT2D eigenvalue weighted by Gasteiger charge is -2.08. The van der Waals surface area contributed by atoms with Gasteiger partial charge in [0.25, 0.3) is 5.22 Å². The van der Waals surface area contributed by atoms with Gasteiger partial charge in [0.1, 0.15) is 0 Å². The Labute approximate surface area is 132 Å². The van der Waals surface area contributed by atoms with E-state index in [9.17, 15) is 0 Å². The van der Waals surface area contributed by atoms with Gasteiger partial charge in [0, 0.05) is 6.42 Å². The molecule has 0 fully saturated rings. The van der Waals surface area contributed by atoms with Crippen LogP contribution in [0.25, 0.3) is 0 Å². The van der Waals surface area contributed by atoms with Crippen LogP contribution in [0.1, 0.15) is 36.0 Å². The molecule has 1 atom stereocenters. The summed E-state index contributed by atoms with van der Waals surface area (Å²) in [7, 11) is 0. The van der Waals surface area contributed by atoms with Crippen LogP contribution in [0.15, 0.2) is 44.5 Å². The minimum Gasteiger partial charge on any atom is -0.416 e. The van der Waals surface area contributed by atoms with E-state index in [1.165, 1.54) is 17.3 Å². The summed E-state index contributed by atoms with van der Waals surface area (Å²) >= 11 is 1.39. The lowest BCUT2D eigenvalue weighted by molar-refractivity contribution is 0.384. The first-order chi connectivity index (χ1) is 10.7. The molecule has 2 aromatic heterocycles. The summed E-state index contributed by atoms with van der Waals surface area (Å²) in [6, 6.07) is 10.3. The van der Waals surface area contributed by atoms with E-state index in [-0.39, 0.29) is 0 Å². The Morgan fingerprint density at radius 2 is 1.95 bits per heavy atom. The van der Waals surface area contributed by atoms with Gasteiger partial charge in [-0.1, -0.05) is 54.2 Å². The predicted molar refractivity (Wildman–Crippen MR) is 81.5 cm³/mol. The SMILES string of the molecule is Cc1noc(CSc2nnc(CC(C)c3ccccc3)o2)n1. The molecule has 0 aliphatic carbocycles. The largest absolute Gasteiger partial charge is 0.416 e. The zero-order valence-corrected chi connectivity index (χ0v) is 13.2. The van der Waals surface area contributed by atoms with Crippen molar-refractivity contribution in [3.05, 3.63) is 53.5 Å². The van der Waals surface area contributed by atoms with Gasteiger partial charge in [0.15, 0.2) is 5.82 Å². The summed E-state index contributed by atoms with van der Waals surface area (Å²) in [4.78, 5) is 4.13. The number of aromatic nitrogens is 4. The maximum absolute atomic E-state index is 5.66. The molecule has 0 bridgehead atoms. The highest BCUT2D eigenvalue weighted by molar-refractivity contribution is 7.98. The molecule has 2 heterocycles. The maximum Gasteiger partial charge on any atom is 0.277 e. The van der Waals surface area contributed by atoms with Crippen LogP contribution in [0.2, 0.25) is 0 Å². The minimum absolute atomic E-state index is 0.332. The zero-order chi connectivity index (χ0) is 15.4. The third-order valence-corrected chi connectivity index (χ3v) is 3.99. The van der Waals surface area contributed by atoms with Crippen molar-refractivity contribution >= 4 is 11.8 Å². The van der Waals surface area contributed by atoms with E-state index in [0.717, 1.165) is 6.42 Å². The van der Waals surface area contributed by atoms with Crippen molar-refractivity contribution in [1.29, 1.82) is 0 Å². The number of thioether (sulfide) groups is 1. The molecule has 22 heavy (non-hydrogen) atoms. The van der Waals surface area contributed by atoms with Crippen LogP contribution in [0, 0.1) is 6.92 Å². The third kappa shape index (κ3) is 3.73. The summed E-state index contributed by atoms with van der Waals surface area (Å²) in [5, 5.41) is 12.4. The monoisotopic (exact) mass is 316 g/mol. The van der Waals surface area contributed by atoms with Gasteiger partial charge in [-0.05, 0) is 18.4 Å². The molecular weight excluding hydrogens is 300 g/mol. The summed E-state index contributed by atoms with van der Waals surface area (Å²) in [6.45, 7) is 3.93. The number of hydrogen-bond acceptors (Lipinski definition) is 7. The number of aryl methyl sites for hydroxylation is 1.